The summed E-state index contributed by atoms with van der Waals surface area (Å²) >= 11 is 14.9. The summed E-state index contributed by atoms with van der Waals surface area (Å²) in [6.45, 7) is 3.06. The van der Waals surface area contributed by atoms with Crippen molar-refractivity contribution in [2.45, 2.75) is 13.3 Å². The predicted octanol–water partition coefficient (Wildman–Crippen LogP) is 5.00. The molecule has 6 heteroatoms. The van der Waals surface area contributed by atoms with Gasteiger partial charge in [-0.05, 0) is 12.5 Å². The Morgan fingerprint density at radius 1 is 1.44 bits per heavy atom. The number of thiophene rings is 1. The summed E-state index contributed by atoms with van der Waals surface area (Å²) in [7, 11) is 0. The number of aromatic nitrogens is 1. The van der Waals surface area contributed by atoms with Gasteiger partial charge in [-0.25, -0.2) is 4.98 Å². The highest BCUT2D eigenvalue weighted by Gasteiger charge is 2.11. The second-order valence-corrected chi connectivity index (χ2v) is 6.35. The van der Waals surface area contributed by atoms with Crippen LogP contribution < -0.4 is 5.32 Å². The maximum atomic E-state index is 6.07. The number of rotatable bonds is 4. The first kappa shape index (κ1) is 12.2. The number of halogens is 2. The number of hydrogen-bond acceptors (Lipinski definition) is 4. The summed E-state index contributed by atoms with van der Waals surface area (Å²) in [5.41, 5.74) is 1.80. The van der Waals surface area contributed by atoms with Gasteiger partial charge < -0.3 is 5.32 Å². The van der Waals surface area contributed by atoms with E-state index in [4.69, 9.17) is 23.2 Å². The van der Waals surface area contributed by atoms with Crippen LogP contribution in [0.3, 0.4) is 0 Å². The topological polar surface area (TPSA) is 24.9 Å². The van der Waals surface area contributed by atoms with Gasteiger partial charge in [0.1, 0.15) is 4.34 Å². The number of nitrogens with zero attached hydrogens (tertiary/aromatic N) is 1. The minimum Gasteiger partial charge on any atom is -0.362 e. The first-order chi connectivity index (χ1) is 7.70. The number of hydrogen-bond donors (Lipinski definition) is 1. The Labute approximate surface area is 112 Å². The molecule has 0 aliphatic heterocycles. The molecule has 1 N–H and O–H groups in total. The highest BCUT2D eigenvalue weighted by Crippen LogP contribution is 2.38. The van der Waals surface area contributed by atoms with Crippen LogP contribution in [0.5, 0.6) is 0 Å². The van der Waals surface area contributed by atoms with Crippen LogP contribution in [0.1, 0.15) is 13.3 Å². The van der Waals surface area contributed by atoms with E-state index in [9.17, 15) is 0 Å². The number of thiazole rings is 1. The lowest BCUT2D eigenvalue weighted by molar-refractivity contribution is 0.976. The maximum absolute atomic E-state index is 6.07. The van der Waals surface area contributed by atoms with E-state index in [1.54, 1.807) is 11.3 Å². The molecule has 0 aliphatic carbocycles. The molecule has 0 spiro atoms. The van der Waals surface area contributed by atoms with Crippen molar-refractivity contribution in [2.24, 2.45) is 0 Å². The quantitative estimate of drug-likeness (QED) is 0.858. The molecule has 0 amide bonds. The highest BCUT2D eigenvalue weighted by molar-refractivity contribution is 7.20. The van der Waals surface area contributed by atoms with Crippen LogP contribution in [0, 0.1) is 0 Å². The Balaban J connectivity index is 2.21. The first-order valence-electron chi connectivity index (χ1n) is 4.85. The highest BCUT2D eigenvalue weighted by atomic mass is 35.5. The van der Waals surface area contributed by atoms with Gasteiger partial charge in [-0.1, -0.05) is 30.1 Å². The molecule has 0 aromatic carbocycles. The minimum atomic E-state index is 0.691. The van der Waals surface area contributed by atoms with Crippen molar-refractivity contribution < 1.29 is 0 Å². The van der Waals surface area contributed by atoms with E-state index in [1.807, 2.05) is 11.4 Å². The van der Waals surface area contributed by atoms with Crippen LogP contribution in [-0.2, 0) is 0 Å². The molecule has 0 saturated carbocycles. The van der Waals surface area contributed by atoms with Gasteiger partial charge in [0.25, 0.3) is 0 Å². The molecule has 2 rings (SSSR count). The normalized spacial score (nSPS) is 10.7. The van der Waals surface area contributed by atoms with Crippen molar-refractivity contribution in [3.05, 3.63) is 20.1 Å². The second-order valence-electron chi connectivity index (χ2n) is 3.20. The summed E-state index contributed by atoms with van der Waals surface area (Å²) in [5.74, 6) is 0. The zero-order valence-corrected chi connectivity index (χ0v) is 11.7. The van der Waals surface area contributed by atoms with E-state index in [0.29, 0.717) is 8.67 Å². The van der Waals surface area contributed by atoms with Gasteiger partial charge >= 0.3 is 0 Å². The van der Waals surface area contributed by atoms with Crippen LogP contribution in [0.15, 0.2) is 11.4 Å². The molecule has 2 heterocycles. The molecule has 0 bridgehead atoms. The first-order valence-corrected chi connectivity index (χ1v) is 7.30. The summed E-state index contributed by atoms with van der Waals surface area (Å²) in [6, 6.07) is 1.85. The van der Waals surface area contributed by atoms with Crippen molar-refractivity contribution in [3.8, 4) is 11.3 Å². The zero-order chi connectivity index (χ0) is 11.5. The third kappa shape index (κ3) is 2.69. The van der Waals surface area contributed by atoms with Gasteiger partial charge in [0.15, 0.2) is 5.13 Å². The van der Waals surface area contributed by atoms with Crippen LogP contribution in [0.4, 0.5) is 5.13 Å². The average Bonchev–Trinajstić information content (AvgIpc) is 2.82. The van der Waals surface area contributed by atoms with E-state index in [0.717, 1.165) is 29.4 Å². The predicted molar refractivity (Wildman–Crippen MR) is 74.2 cm³/mol. The Morgan fingerprint density at radius 2 is 2.25 bits per heavy atom. The smallest absolute Gasteiger partial charge is 0.183 e. The van der Waals surface area contributed by atoms with Crippen LogP contribution in [0.2, 0.25) is 8.67 Å². The van der Waals surface area contributed by atoms with E-state index < -0.39 is 0 Å². The fraction of sp³-hybridized carbons (Fsp3) is 0.300. The molecule has 0 atom stereocenters. The fourth-order valence-corrected chi connectivity index (χ4v) is 3.45. The van der Waals surface area contributed by atoms with Crippen molar-refractivity contribution in [1.29, 1.82) is 0 Å². The molecule has 2 nitrogen and oxygen atoms in total. The molecule has 86 valence electrons. The van der Waals surface area contributed by atoms with Gasteiger partial charge in [0, 0.05) is 17.5 Å². The Morgan fingerprint density at radius 3 is 2.88 bits per heavy atom. The summed E-state index contributed by atoms with van der Waals surface area (Å²) in [4.78, 5) is 4.46. The molecule has 0 unspecified atom stereocenters. The summed E-state index contributed by atoms with van der Waals surface area (Å²) < 4.78 is 1.38. The summed E-state index contributed by atoms with van der Waals surface area (Å²) in [6.07, 6.45) is 1.08. The van der Waals surface area contributed by atoms with Gasteiger partial charge in [-0.3, -0.25) is 0 Å². The van der Waals surface area contributed by atoms with Gasteiger partial charge in [-0.2, -0.15) is 0 Å². The lowest BCUT2D eigenvalue weighted by Gasteiger charge is -1.97. The van der Waals surface area contributed by atoms with Crippen LogP contribution in [0.25, 0.3) is 11.3 Å². The zero-order valence-electron chi connectivity index (χ0n) is 8.59. The van der Waals surface area contributed by atoms with Crippen molar-refractivity contribution in [1.82, 2.24) is 4.98 Å². The Bertz CT molecular complexity index is 479. The largest absolute Gasteiger partial charge is 0.362 e. The second kappa shape index (κ2) is 5.36. The fourth-order valence-electron chi connectivity index (χ4n) is 1.23. The molecule has 0 saturated heterocycles. The molecule has 2 aromatic heterocycles. The molecular formula is C10H10Cl2N2S2. The molecule has 2 aromatic rings. The van der Waals surface area contributed by atoms with Gasteiger partial charge in [-0.15, -0.1) is 22.7 Å². The average molecular weight is 293 g/mol. The number of nitrogens with one attached hydrogen (secondary N) is 1. The monoisotopic (exact) mass is 292 g/mol. The van der Waals surface area contributed by atoms with E-state index in [2.05, 4.69) is 17.2 Å². The minimum absolute atomic E-state index is 0.691. The van der Waals surface area contributed by atoms with Crippen LogP contribution >= 0.6 is 45.9 Å². The lowest BCUT2D eigenvalue weighted by atomic mass is 10.3. The maximum Gasteiger partial charge on any atom is 0.183 e. The van der Waals surface area contributed by atoms with E-state index in [-0.39, 0.29) is 0 Å². The van der Waals surface area contributed by atoms with Crippen molar-refractivity contribution in [2.75, 3.05) is 11.9 Å². The van der Waals surface area contributed by atoms with Gasteiger partial charge in [0.05, 0.1) is 10.0 Å². The SMILES string of the molecule is CCCNc1nc(-c2cc(Cl)sc2Cl)cs1. The summed E-state index contributed by atoms with van der Waals surface area (Å²) in [5, 5.41) is 6.16. The van der Waals surface area contributed by atoms with Gasteiger partial charge in [0.2, 0.25) is 0 Å². The molecular weight excluding hydrogens is 283 g/mol. The third-order valence-electron chi connectivity index (χ3n) is 1.96. The van der Waals surface area contributed by atoms with Crippen LogP contribution in [-0.4, -0.2) is 11.5 Å². The third-order valence-corrected chi connectivity index (χ3v) is 4.25. The Hall–Kier alpha value is -0.290. The lowest BCUT2D eigenvalue weighted by Crippen LogP contribution is -1.98. The van der Waals surface area contributed by atoms with Crippen molar-refractivity contribution >= 4 is 51.0 Å². The molecule has 0 aliphatic rings. The molecule has 0 fully saturated rings. The van der Waals surface area contributed by atoms with E-state index >= 15 is 0 Å². The molecule has 16 heavy (non-hydrogen) atoms. The Kier molecular flexibility index (Phi) is 4.08. The molecule has 0 radical (unpaired) electrons. The number of anilines is 1. The standard InChI is InChI=1S/C10H10Cl2N2S2/c1-2-3-13-10-14-7(5-15-10)6-4-8(11)16-9(6)12/h4-5H,2-3H2,1H3,(H,13,14). The van der Waals surface area contributed by atoms with E-state index in [1.165, 1.54) is 11.3 Å². The van der Waals surface area contributed by atoms with Crippen molar-refractivity contribution in [3.63, 3.8) is 0 Å².